The first-order valence-corrected chi connectivity index (χ1v) is 7.92. The summed E-state index contributed by atoms with van der Waals surface area (Å²) in [6.07, 6.45) is 6.44. The first kappa shape index (κ1) is 15.7. The van der Waals surface area contributed by atoms with Crippen LogP contribution in [-0.4, -0.2) is 37.5 Å². The van der Waals surface area contributed by atoms with E-state index in [-0.39, 0.29) is 5.91 Å². The van der Waals surface area contributed by atoms with E-state index in [0.717, 1.165) is 12.2 Å². The van der Waals surface area contributed by atoms with E-state index in [1.807, 2.05) is 18.2 Å². The Bertz CT molecular complexity index is 493. The van der Waals surface area contributed by atoms with Gasteiger partial charge in [0.1, 0.15) is 0 Å². The van der Waals surface area contributed by atoms with Gasteiger partial charge in [0.05, 0.1) is 11.4 Å². The Labute approximate surface area is 127 Å². The Morgan fingerprint density at radius 1 is 1.24 bits per heavy atom. The first-order valence-electron chi connectivity index (χ1n) is 7.92. The summed E-state index contributed by atoms with van der Waals surface area (Å²) in [5.41, 5.74) is 8.66. The van der Waals surface area contributed by atoms with Crippen molar-refractivity contribution in [2.24, 2.45) is 0 Å². The molecule has 0 heterocycles. The number of benzene rings is 1. The van der Waals surface area contributed by atoms with E-state index in [2.05, 4.69) is 11.8 Å². The highest BCUT2D eigenvalue weighted by Gasteiger charge is 2.22. The molecule has 2 rings (SSSR count). The Morgan fingerprint density at radius 2 is 1.90 bits per heavy atom. The fourth-order valence-corrected chi connectivity index (χ4v) is 3.23. The van der Waals surface area contributed by atoms with Crippen LogP contribution in [0.15, 0.2) is 18.2 Å². The molecule has 1 amide bonds. The van der Waals surface area contributed by atoms with Crippen molar-refractivity contribution >= 4 is 17.3 Å². The van der Waals surface area contributed by atoms with Crippen LogP contribution in [0.4, 0.5) is 11.4 Å². The number of amides is 1. The van der Waals surface area contributed by atoms with Gasteiger partial charge in [-0.05, 0) is 38.0 Å². The normalized spacial score (nSPS) is 15.8. The Morgan fingerprint density at radius 3 is 2.43 bits per heavy atom. The SMILES string of the molecule is CCN(c1ccc(C(=O)N(C)C)cc1N)C1CCCCC1. The molecule has 1 aliphatic rings. The number of carbonyl (C=O) groups excluding carboxylic acids is 1. The first-order chi connectivity index (χ1) is 10.0. The molecule has 1 aromatic carbocycles. The lowest BCUT2D eigenvalue weighted by Crippen LogP contribution is -2.37. The lowest BCUT2D eigenvalue weighted by molar-refractivity contribution is 0.0827. The van der Waals surface area contributed by atoms with Gasteiger partial charge in [0.15, 0.2) is 0 Å². The van der Waals surface area contributed by atoms with Gasteiger partial charge in [-0.2, -0.15) is 0 Å². The van der Waals surface area contributed by atoms with E-state index in [1.54, 1.807) is 19.0 Å². The van der Waals surface area contributed by atoms with Crippen LogP contribution in [-0.2, 0) is 0 Å². The van der Waals surface area contributed by atoms with Crippen LogP contribution in [0, 0.1) is 0 Å². The van der Waals surface area contributed by atoms with E-state index in [0.29, 0.717) is 17.3 Å². The van der Waals surface area contributed by atoms with Gasteiger partial charge in [0.2, 0.25) is 0 Å². The summed E-state index contributed by atoms with van der Waals surface area (Å²) in [6, 6.07) is 6.29. The number of hydrogen-bond acceptors (Lipinski definition) is 3. The number of carbonyl (C=O) groups is 1. The van der Waals surface area contributed by atoms with Crippen LogP contribution in [0.2, 0.25) is 0 Å². The molecular weight excluding hydrogens is 262 g/mol. The average molecular weight is 289 g/mol. The molecule has 0 unspecified atom stereocenters. The van der Waals surface area contributed by atoms with Gasteiger partial charge in [-0.3, -0.25) is 4.79 Å². The Hall–Kier alpha value is -1.71. The maximum Gasteiger partial charge on any atom is 0.253 e. The molecule has 0 saturated heterocycles. The van der Waals surface area contributed by atoms with Gasteiger partial charge in [0, 0.05) is 32.2 Å². The summed E-state index contributed by atoms with van der Waals surface area (Å²) in [5.74, 6) is -0.00559. The lowest BCUT2D eigenvalue weighted by atomic mass is 9.93. The van der Waals surface area contributed by atoms with Gasteiger partial charge < -0.3 is 15.5 Å². The van der Waals surface area contributed by atoms with Crippen molar-refractivity contribution < 1.29 is 4.79 Å². The van der Waals surface area contributed by atoms with Crippen LogP contribution in [0.5, 0.6) is 0 Å². The summed E-state index contributed by atoms with van der Waals surface area (Å²) >= 11 is 0. The maximum atomic E-state index is 12.0. The zero-order valence-electron chi connectivity index (χ0n) is 13.4. The van der Waals surface area contributed by atoms with Gasteiger partial charge >= 0.3 is 0 Å². The third kappa shape index (κ3) is 3.49. The monoisotopic (exact) mass is 289 g/mol. The van der Waals surface area contributed by atoms with Crippen molar-refractivity contribution in [2.75, 3.05) is 31.3 Å². The number of nitrogens with two attached hydrogens (primary N) is 1. The molecule has 2 N–H and O–H groups in total. The van der Waals surface area contributed by atoms with Crippen LogP contribution in [0.1, 0.15) is 49.4 Å². The Kier molecular flexibility index (Phi) is 5.10. The highest BCUT2D eigenvalue weighted by molar-refractivity contribution is 5.95. The number of hydrogen-bond donors (Lipinski definition) is 1. The molecule has 1 fully saturated rings. The molecule has 116 valence electrons. The minimum atomic E-state index is -0.00559. The fourth-order valence-electron chi connectivity index (χ4n) is 3.23. The van der Waals surface area contributed by atoms with Crippen molar-refractivity contribution in [3.8, 4) is 0 Å². The molecule has 0 aliphatic heterocycles. The van der Waals surface area contributed by atoms with E-state index in [4.69, 9.17) is 5.73 Å². The van der Waals surface area contributed by atoms with Crippen molar-refractivity contribution in [3.63, 3.8) is 0 Å². The minimum absolute atomic E-state index is 0.00559. The summed E-state index contributed by atoms with van der Waals surface area (Å²) in [5, 5.41) is 0. The van der Waals surface area contributed by atoms with E-state index < -0.39 is 0 Å². The summed E-state index contributed by atoms with van der Waals surface area (Å²) in [6.45, 7) is 3.13. The summed E-state index contributed by atoms with van der Waals surface area (Å²) in [7, 11) is 3.51. The molecule has 4 heteroatoms. The molecule has 0 spiro atoms. The standard InChI is InChI=1S/C17H27N3O/c1-4-20(14-8-6-5-7-9-14)16-11-10-13(12-15(16)18)17(21)19(2)3/h10-12,14H,4-9,18H2,1-3H3. The predicted octanol–water partition coefficient (Wildman–Crippen LogP) is 3.13. The lowest BCUT2D eigenvalue weighted by Gasteiger charge is -2.36. The second kappa shape index (κ2) is 6.83. The molecule has 1 aromatic rings. The molecule has 1 aliphatic carbocycles. The van der Waals surface area contributed by atoms with Crippen LogP contribution < -0.4 is 10.6 Å². The molecule has 1 saturated carbocycles. The largest absolute Gasteiger partial charge is 0.397 e. The van der Waals surface area contributed by atoms with Crippen LogP contribution in [0.25, 0.3) is 0 Å². The van der Waals surface area contributed by atoms with Crippen LogP contribution >= 0.6 is 0 Å². The number of nitrogens with zero attached hydrogens (tertiary/aromatic N) is 2. The number of anilines is 2. The fraction of sp³-hybridized carbons (Fsp3) is 0.588. The topological polar surface area (TPSA) is 49.6 Å². The highest BCUT2D eigenvalue weighted by Crippen LogP contribution is 2.31. The van der Waals surface area contributed by atoms with Crippen molar-refractivity contribution in [1.29, 1.82) is 0 Å². The molecule has 0 aromatic heterocycles. The maximum absolute atomic E-state index is 12.0. The molecule has 4 nitrogen and oxygen atoms in total. The Balaban J connectivity index is 2.24. The average Bonchev–Trinajstić information content (AvgIpc) is 2.49. The van der Waals surface area contributed by atoms with Crippen LogP contribution in [0.3, 0.4) is 0 Å². The van der Waals surface area contributed by atoms with Crippen molar-refractivity contribution in [3.05, 3.63) is 23.8 Å². The predicted molar refractivity (Wildman–Crippen MR) is 88.8 cm³/mol. The van der Waals surface area contributed by atoms with E-state index in [1.165, 1.54) is 32.1 Å². The molecule has 0 bridgehead atoms. The van der Waals surface area contributed by atoms with E-state index in [9.17, 15) is 4.79 Å². The summed E-state index contributed by atoms with van der Waals surface area (Å²) in [4.78, 5) is 16.0. The van der Waals surface area contributed by atoms with Crippen molar-refractivity contribution in [2.45, 2.75) is 45.1 Å². The number of nitrogen functional groups attached to an aromatic ring is 1. The van der Waals surface area contributed by atoms with Gasteiger partial charge in [-0.15, -0.1) is 0 Å². The third-order valence-electron chi connectivity index (χ3n) is 4.35. The number of rotatable bonds is 4. The second-order valence-electron chi connectivity index (χ2n) is 6.05. The van der Waals surface area contributed by atoms with E-state index >= 15 is 0 Å². The zero-order chi connectivity index (χ0) is 15.4. The molecule has 0 atom stereocenters. The van der Waals surface area contributed by atoms with Crippen molar-refractivity contribution in [1.82, 2.24) is 4.90 Å². The third-order valence-corrected chi connectivity index (χ3v) is 4.35. The quantitative estimate of drug-likeness (QED) is 0.866. The molecule has 21 heavy (non-hydrogen) atoms. The minimum Gasteiger partial charge on any atom is -0.397 e. The van der Waals surface area contributed by atoms with Gasteiger partial charge in [-0.1, -0.05) is 19.3 Å². The van der Waals surface area contributed by atoms with Gasteiger partial charge in [-0.25, -0.2) is 0 Å². The molecular formula is C17H27N3O. The smallest absolute Gasteiger partial charge is 0.253 e. The zero-order valence-corrected chi connectivity index (χ0v) is 13.4. The molecule has 0 radical (unpaired) electrons. The second-order valence-corrected chi connectivity index (χ2v) is 6.05. The highest BCUT2D eigenvalue weighted by atomic mass is 16.2. The van der Waals surface area contributed by atoms with Gasteiger partial charge in [0.25, 0.3) is 5.91 Å². The summed E-state index contributed by atoms with van der Waals surface area (Å²) < 4.78 is 0.